The van der Waals surface area contributed by atoms with E-state index in [0.717, 1.165) is 29.7 Å². The van der Waals surface area contributed by atoms with E-state index in [4.69, 9.17) is 10.5 Å². The van der Waals surface area contributed by atoms with Gasteiger partial charge in [0.1, 0.15) is 17.4 Å². The number of para-hydroxylation sites is 1. The van der Waals surface area contributed by atoms with Gasteiger partial charge < -0.3 is 15.0 Å². The number of methoxy groups -OCH3 is 1. The maximum absolute atomic E-state index is 11.8. The number of carbonyl (C=O) groups excluding carboxylic acids is 1. The number of fused-ring (bicyclic) bond motifs is 1. The van der Waals surface area contributed by atoms with Crippen molar-refractivity contribution in [1.29, 1.82) is 0 Å². The van der Waals surface area contributed by atoms with Crippen molar-refractivity contribution in [3.8, 4) is 0 Å². The summed E-state index contributed by atoms with van der Waals surface area (Å²) in [5.41, 5.74) is 8.21. The van der Waals surface area contributed by atoms with Crippen molar-refractivity contribution < 1.29 is 9.53 Å². The number of carbonyl (C=O) groups is 1. The number of aryl methyl sites for hydroxylation is 1. The number of ether oxygens (including phenoxy) is 1. The van der Waals surface area contributed by atoms with Gasteiger partial charge in [-0.25, -0.2) is 9.78 Å². The van der Waals surface area contributed by atoms with Crippen molar-refractivity contribution in [2.75, 3.05) is 12.8 Å². The molecule has 1 unspecified atom stereocenters. The van der Waals surface area contributed by atoms with Crippen LogP contribution in [-0.2, 0) is 16.0 Å². The number of nitrogens with two attached hydrogens (primary N) is 1. The summed E-state index contributed by atoms with van der Waals surface area (Å²) in [6, 6.07) is 5.21. The Hall–Kier alpha value is -2.04. The first-order valence-electron chi connectivity index (χ1n) is 6.43. The van der Waals surface area contributed by atoms with Gasteiger partial charge in [0.15, 0.2) is 0 Å². The monoisotopic (exact) mass is 261 g/mol. The van der Waals surface area contributed by atoms with Crippen LogP contribution >= 0.6 is 0 Å². The van der Waals surface area contributed by atoms with Crippen molar-refractivity contribution in [3.05, 3.63) is 24.0 Å². The summed E-state index contributed by atoms with van der Waals surface area (Å²) in [6.07, 6.45) is 1.76. The number of rotatable bonds is 4. The minimum absolute atomic E-state index is 0.279. The van der Waals surface area contributed by atoms with Gasteiger partial charge in [0.25, 0.3) is 0 Å². The first kappa shape index (κ1) is 13.4. The highest BCUT2D eigenvalue weighted by Gasteiger charge is 2.22. The summed E-state index contributed by atoms with van der Waals surface area (Å²) in [7, 11) is 1.39. The molecule has 1 heterocycles. The lowest BCUT2D eigenvalue weighted by molar-refractivity contribution is -0.143. The number of anilines is 1. The molecule has 0 spiro atoms. The Kier molecular flexibility index (Phi) is 3.74. The Morgan fingerprint density at radius 2 is 2.26 bits per heavy atom. The molecule has 2 aromatic rings. The maximum atomic E-state index is 11.8. The molecule has 0 radical (unpaired) electrons. The third-order valence-electron chi connectivity index (χ3n) is 3.23. The molecular formula is C14H19N3O2. The molecule has 0 aliphatic rings. The number of benzene rings is 1. The van der Waals surface area contributed by atoms with Crippen molar-refractivity contribution >= 4 is 22.7 Å². The molecule has 1 aromatic carbocycles. The predicted octanol–water partition coefficient (Wildman–Crippen LogP) is 2.31. The quantitative estimate of drug-likeness (QED) is 0.677. The maximum Gasteiger partial charge on any atom is 0.328 e. The first-order chi connectivity index (χ1) is 9.10. The van der Waals surface area contributed by atoms with Gasteiger partial charge in [-0.15, -0.1) is 0 Å². The summed E-state index contributed by atoms with van der Waals surface area (Å²) >= 11 is 0. The number of nitrogen functional groups attached to an aromatic ring is 1. The van der Waals surface area contributed by atoms with Crippen LogP contribution in [0.4, 0.5) is 5.69 Å². The number of hydrogen-bond acceptors (Lipinski definition) is 4. The highest BCUT2D eigenvalue weighted by Crippen LogP contribution is 2.26. The number of imidazole rings is 1. The van der Waals surface area contributed by atoms with E-state index in [9.17, 15) is 4.79 Å². The molecule has 0 saturated carbocycles. The lowest BCUT2D eigenvalue weighted by atomic mass is 10.2. The number of esters is 1. The Labute approximate surface area is 112 Å². The third-order valence-corrected chi connectivity index (χ3v) is 3.23. The zero-order valence-electron chi connectivity index (χ0n) is 11.5. The van der Waals surface area contributed by atoms with Gasteiger partial charge in [-0.3, -0.25) is 0 Å². The van der Waals surface area contributed by atoms with Gasteiger partial charge in [0.2, 0.25) is 0 Å². The SMILES string of the molecule is CCCc1nc2c(N)cccc2n1C(C)C(=O)OC. The topological polar surface area (TPSA) is 70.1 Å². The fourth-order valence-corrected chi connectivity index (χ4v) is 2.29. The molecule has 0 saturated heterocycles. The summed E-state index contributed by atoms with van der Waals surface area (Å²) in [5, 5.41) is 0. The van der Waals surface area contributed by atoms with Crippen molar-refractivity contribution in [2.45, 2.75) is 32.7 Å². The smallest absolute Gasteiger partial charge is 0.328 e. The molecule has 1 atom stereocenters. The van der Waals surface area contributed by atoms with Gasteiger partial charge in [-0.1, -0.05) is 13.0 Å². The summed E-state index contributed by atoms with van der Waals surface area (Å²) < 4.78 is 6.75. The average molecular weight is 261 g/mol. The molecule has 0 fully saturated rings. The Morgan fingerprint density at radius 1 is 1.53 bits per heavy atom. The summed E-state index contributed by atoms with van der Waals surface area (Å²) in [6.45, 7) is 3.89. The van der Waals surface area contributed by atoms with Crippen LogP contribution < -0.4 is 5.73 Å². The van der Waals surface area contributed by atoms with Crippen LogP contribution in [0.5, 0.6) is 0 Å². The van der Waals surface area contributed by atoms with Crippen molar-refractivity contribution in [1.82, 2.24) is 9.55 Å². The van der Waals surface area contributed by atoms with Crippen molar-refractivity contribution in [2.24, 2.45) is 0 Å². The van der Waals surface area contributed by atoms with E-state index in [-0.39, 0.29) is 5.97 Å². The molecular weight excluding hydrogens is 242 g/mol. The van der Waals surface area contributed by atoms with Gasteiger partial charge in [0, 0.05) is 6.42 Å². The van der Waals surface area contributed by atoms with E-state index < -0.39 is 6.04 Å². The number of hydrogen-bond donors (Lipinski definition) is 1. The van der Waals surface area contributed by atoms with Gasteiger partial charge in [0.05, 0.1) is 18.3 Å². The Bertz CT molecular complexity index is 604. The fourth-order valence-electron chi connectivity index (χ4n) is 2.29. The van der Waals surface area contributed by atoms with Crippen LogP contribution in [0, 0.1) is 0 Å². The zero-order chi connectivity index (χ0) is 14.0. The van der Waals surface area contributed by atoms with Gasteiger partial charge in [-0.05, 0) is 25.5 Å². The average Bonchev–Trinajstić information content (AvgIpc) is 2.77. The predicted molar refractivity (Wildman–Crippen MR) is 74.9 cm³/mol. The van der Waals surface area contributed by atoms with E-state index in [1.807, 2.05) is 29.7 Å². The molecule has 102 valence electrons. The second-order valence-electron chi connectivity index (χ2n) is 4.56. The molecule has 2 N–H and O–H groups in total. The second kappa shape index (κ2) is 5.30. The second-order valence-corrected chi connectivity index (χ2v) is 4.56. The van der Waals surface area contributed by atoms with E-state index in [0.29, 0.717) is 5.69 Å². The molecule has 1 aromatic heterocycles. The van der Waals surface area contributed by atoms with Gasteiger partial charge in [-0.2, -0.15) is 0 Å². The highest BCUT2D eigenvalue weighted by atomic mass is 16.5. The molecule has 5 heteroatoms. The minimum atomic E-state index is -0.404. The molecule has 0 amide bonds. The largest absolute Gasteiger partial charge is 0.467 e. The Balaban J connectivity index is 2.64. The molecule has 2 rings (SSSR count). The summed E-state index contributed by atoms with van der Waals surface area (Å²) in [4.78, 5) is 16.4. The fraction of sp³-hybridized carbons (Fsp3) is 0.429. The zero-order valence-corrected chi connectivity index (χ0v) is 11.5. The van der Waals surface area contributed by atoms with Crippen LogP contribution in [0.3, 0.4) is 0 Å². The van der Waals surface area contributed by atoms with E-state index >= 15 is 0 Å². The van der Waals surface area contributed by atoms with E-state index in [1.54, 1.807) is 0 Å². The van der Waals surface area contributed by atoms with Gasteiger partial charge >= 0.3 is 5.97 Å². The minimum Gasteiger partial charge on any atom is -0.467 e. The lowest BCUT2D eigenvalue weighted by Gasteiger charge is -2.15. The van der Waals surface area contributed by atoms with Crippen LogP contribution in [0.25, 0.3) is 11.0 Å². The molecule has 0 bridgehead atoms. The molecule has 0 aliphatic heterocycles. The summed E-state index contributed by atoms with van der Waals surface area (Å²) in [5.74, 6) is 0.590. The van der Waals surface area contributed by atoms with Crippen molar-refractivity contribution in [3.63, 3.8) is 0 Å². The molecule has 5 nitrogen and oxygen atoms in total. The number of nitrogens with zero attached hydrogens (tertiary/aromatic N) is 2. The highest BCUT2D eigenvalue weighted by molar-refractivity contribution is 5.89. The van der Waals surface area contributed by atoms with Crippen LogP contribution in [-0.4, -0.2) is 22.6 Å². The van der Waals surface area contributed by atoms with E-state index in [1.165, 1.54) is 7.11 Å². The third kappa shape index (κ3) is 2.28. The van der Waals surface area contributed by atoms with Crippen LogP contribution in [0.2, 0.25) is 0 Å². The van der Waals surface area contributed by atoms with E-state index in [2.05, 4.69) is 11.9 Å². The normalized spacial score (nSPS) is 12.6. The Morgan fingerprint density at radius 3 is 2.89 bits per heavy atom. The first-order valence-corrected chi connectivity index (χ1v) is 6.43. The van der Waals surface area contributed by atoms with Crippen LogP contribution in [0.1, 0.15) is 32.1 Å². The molecule has 19 heavy (non-hydrogen) atoms. The number of aromatic nitrogens is 2. The van der Waals surface area contributed by atoms with Crippen LogP contribution in [0.15, 0.2) is 18.2 Å². The molecule has 0 aliphatic carbocycles. The standard InChI is InChI=1S/C14H19N3O2/c1-4-6-12-16-13-10(15)7-5-8-11(13)17(12)9(2)14(18)19-3/h5,7-9H,4,6,15H2,1-3H3. The lowest BCUT2D eigenvalue weighted by Crippen LogP contribution is -2.19.